The Morgan fingerprint density at radius 2 is 2.14 bits per heavy atom. The highest BCUT2D eigenvalue weighted by atomic mass is 32.2. The van der Waals surface area contributed by atoms with Gasteiger partial charge in [-0.2, -0.15) is 0 Å². The van der Waals surface area contributed by atoms with Gasteiger partial charge in [0, 0.05) is 11.6 Å². The second-order valence-corrected chi connectivity index (χ2v) is 7.00. The number of carbonyl (C=O) groups excluding carboxylic acids is 1. The summed E-state index contributed by atoms with van der Waals surface area (Å²) in [7, 11) is 0. The van der Waals surface area contributed by atoms with Gasteiger partial charge in [-0.25, -0.2) is 0 Å². The predicted molar refractivity (Wildman–Crippen MR) is 83.9 cm³/mol. The molecule has 2 aromatic rings. The molecule has 5 heteroatoms. The van der Waals surface area contributed by atoms with Crippen molar-refractivity contribution in [2.45, 2.75) is 50.1 Å². The summed E-state index contributed by atoms with van der Waals surface area (Å²) in [5.74, 6) is 0.159. The molecule has 0 aliphatic heterocycles. The summed E-state index contributed by atoms with van der Waals surface area (Å²) < 4.78 is 2.09. The molecule has 0 radical (unpaired) electrons. The van der Waals surface area contributed by atoms with Crippen LogP contribution in [-0.2, 0) is 0 Å². The molecule has 1 heterocycles. The number of rotatable bonds is 5. The molecule has 1 aliphatic carbocycles. The predicted octanol–water partition coefficient (Wildman–Crippen LogP) is 3.59. The van der Waals surface area contributed by atoms with Crippen LogP contribution in [0, 0.1) is 13.8 Å². The summed E-state index contributed by atoms with van der Waals surface area (Å²) in [6.07, 6.45) is 4.14. The minimum absolute atomic E-state index is 0.159. The maximum atomic E-state index is 12.7. The van der Waals surface area contributed by atoms with Gasteiger partial charge in [0.15, 0.2) is 10.9 Å². The lowest BCUT2D eigenvalue weighted by molar-refractivity contribution is 0.0993. The largest absolute Gasteiger partial charge is 0.306 e. The van der Waals surface area contributed by atoms with Crippen molar-refractivity contribution in [2.75, 3.05) is 0 Å². The van der Waals surface area contributed by atoms with Gasteiger partial charge in [-0.3, -0.25) is 4.79 Å². The molecule has 4 nitrogen and oxygen atoms in total. The van der Waals surface area contributed by atoms with E-state index in [-0.39, 0.29) is 11.0 Å². The average molecular weight is 301 g/mol. The topological polar surface area (TPSA) is 47.8 Å². The van der Waals surface area contributed by atoms with E-state index in [1.807, 2.05) is 39.0 Å². The first-order chi connectivity index (χ1) is 10.1. The van der Waals surface area contributed by atoms with Gasteiger partial charge >= 0.3 is 0 Å². The van der Waals surface area contributed by atoms with E-state index >= 15 is 0 Å². The number of nitrogens with zero attached hydrogens (tertiary/aromatic N) is 3. The molecule has 1 aliphatic rings. The first-order valence-corrected chi connectivity index (χ1v) is 8.12. The first kappa shape index (κ1) is 14.3. The number of benzene rings is 1. The van der Waals surface area contributed by atoms with Crippen LogP contribution in [-0.4, -0.2) is 25.8 Å². The molecule has 1 aromatic heterocycles. The molecule has 1 fully saturated rings. The Hall–Kier alpha value is -1.62. The molecule has 0 bridgehead atoms. The van der Waals surface area contributed by atoms with Crippen LogP contribution in [0.1, 0.15) is 47.3 Å². The molecule has 0 spiro atoms. The van der Waals surface area contributed by atoms with Gasteiger partial charge in [-0.1, -0.05) is 29.5 Å². The fourth-order valence-corrected chi connectivity index (χ4v) is 3.31. The second kappa shape index (κ2) is 5.64. The third-order valence-electron chi connectivity index (χ3n) is 3.79. The zero-order valence-electron chi connectivity index (χ0n) is 12.5. The summed E-state index contributed by atoms with van der Waals surface area (Å²) in [5.41, 5.74) is 2.96. The van der Waals surface area contributed by atoms with Crippen molar-refractivity contribution >= 4 is 17.5 Å². The lowest BCUT2D eigenvalue weighted by Gasteiger charge is -2.13. The van der Waals surface area contributed by atoms with Crippen molar-refractivity contribution in [3.05, 3.63) is 41.2 Å². The van der Waals surface area contributed by atoms with Crippen LogP contribution >= 0.6 is 11.8 Å². The van der Waals surface area contributed by atoms with Gasteiger partial charge in [0.25, 0.3) is 0 Å². The zero-order valence-corrected chi connectivity index (χ0v) is 13.4. The summed E-state index contributed by atoms with van der Waals surface area (Å²) in [5, 5.41) is 8.83. The second-order valence-electron chi connectivity index (χ2n) is 5.69. The Balaban J connectivity index is 1.78. The molecule has 0 amide bonds. The molecule has 110 valence electrons. The van der Waals surface area contributed by atoms with Crippen LogP contribution in [0.4, 0.5) is 0 Å². The van der Waals surface area contributed by atoms with Crippen molar-refractivity contribution < 1.29 is 4.79 Å². The van der Waals surface area contributed by atoms with Crippen molar-refractivity contribution in [1.29, 1.82) is 0 Å². The average Bonchev–Trinajstić information content (AvgIpc) is 3.21. The molecule has 1 unspecified atom stereocenters. The first-order valence-electron chi connectivity index (χ1n) is 7.24. The Labute approximate surface area is 129 Å². The Bertz CT molecular complexity index is 676. The zero-order chi connectivity index (χ0) is 15.0. The summed E-state index contributed by atoms with van der Waals surface area (Å²) in [6, 6.07) is 6.55. The fourth-order valence-electron chi connectivity index (χ4n) is 2.35. The van der Waals surface area contributed by atoms with Crippen molar-refractivity contribution in [2.24, 2.45) is 0 Å². The molecule has 0 saturated heterocycles. The molecule has 21 heavy (non-hydrogen) atoms. The number of aromatic nitrogens is 3. The minimum Gasteiger partial charge on any atom is -0.306 e. The molecule has 1 atom stereocenters. The monoisotopic (exact) mass is 301 g/mol. The third-order valence-corrected chi connectivity index (χ3v) is 4.86. The smallest absolute Gasteiger partial charge is 0.191 e. The van der Waals surface area contributed by atoms with Gasteiger partial charge in [0.1, 0.15) is 6.33 Å². The molecule has 3 rings (SSSR count). The summed E-state index contributed by atoms with van der Waals surface area (Å²) >= 11 is 1.50. The Kier molecular flexibility index (Phi) is 3.85. The number of thioether (sulfide) groups is 1. The number of hydrogen-bond donors (Lipinski definition) is 0. The van der Waals surface area contributed by atoms with E-state index in [0.29, 0.717) is 6.04 Å². The highest BCUT2D eigenvalue weighted by Gasteiger charge is 2.28. The van der Waals surface area contributed by atoms with Gasteiger partial charge in [0.05, 0.1) is 5.25 Å². The van der Waals surface area contributed by atoms with Crippen LogP contribution < -0.4 is 0 Å². The Morgan fingerprint density at radius 1 is 1.38 bits per heavy atom. The maximum absolute atomic E-state index is 12.7. The number of aryl methyl sites for hydroxylation is 2. The van der Waals surface area contributed by atoms with Crippen molar-refractivity contribution in [3.63, 3.8) is 0 Å². The highest BCUT2D eigenvalue weighted by molar-refractivity contribution is 8.00. The molecular weight excluding hydrogens is 282 g/mol. The minimum atomic E-state index is -0.160. The van der Waals surface area contributed by atoms with Crippen molar-refractivity contribution in [1.82, 2.24) is 14.8 Å². The summed E-state index contributed by atoms with van der Waals surface area (Å²) in [4.78, 5) is 12.7. The van der Waals surface area contributed by atoms with E-state index < -0.39 is 0 Å². The number of Topliss-reactive ketones (excluding diaryl/α,β-unsaturated/α-hetero) is 1. The van der Waals surface area contributed by atoms with Crippen LogP contribution in [0.2, 0.25) is 0 Å². The quantitative estimate of drug-likeness (QED) is 0.625. The van der Waals surface area contributed by atoms with E-state index in [1.54, 1.807) is 6.33 Å². The summed E-state index contributed by atoms with van der Waals surface area (Å²) in [6.45, 7) is 5.94. The van der Waals surface area contributed by atoms with Crippen LogP contribution in [0.5, 0.6) is 0 Å². The van der Waals surface area contributed by atoms with E-state index in [2.05, 4.69) is 14.8 Å². The number of ketones is 1. The van der Waals surface area contributed by atoms with Gasteiger partial charge < -0.3 is 4.57 Å². The SMILES string of the molecule is Cc1ccc(C)c(C(=O)C(C)Sc2nncn2C2CC2)c1. The molecule has 0 N–H and O–H groups in total. The van der Waals surface area contributed by atoms with Gasteiger partial charge in [0.2, 0.25) is 0 Å². The van der Waals surface area contributed by atoms with Crippen LogP contribution in [0.3, 0.4) is 0 Å². The maximum Gasteiger partial charge on any atom is 0.191 e. The number of hydrogen-bond acceptors (Lipinski definition) is 4. The number of carbonyl (C=O) groups is 1. The molecule has 1 aromatic carbocycles. The van der Waals surface area contributed by atoms with Crippen molar-refractivity contribution in [3.8, 4) is 0 Å². The fraction of sp³-hybridized carbons (Fsp3) is 0.438. The highest BCUT2D eigenvalue weighted by Crippen LogP contribution is 2.38. The van der Waals surface area contributed by atoms with E-state index in [9.17, 15) is 4.79 Å². The lowest BCUT2D eigenvalue weighted by Crippen LogP contribution is -2.16. The lowest BCUT2D eigenvalue weighted by atomic mass is 10.0. The van der Waals surface area contributed by atoms with Crippen LogP contribution in [0.15, 0.2) is 29.7 Å². The van der Waals surface area contributed by atoms with E-state index in [1.165, 1.54) is 24.6 Å². The Morgan fingerprint density at radius 3 is 2.86 bits per heavy atom. The van der Waals surface area contributed by atoms with E-state index in [4.69, 9.17) is 0 Å². The molecule has 1 saturated carbocycles. The van der Waals surface area contributed by atoms with Gasteiger partial charge in [-0.05, 0) is 45.2 Å². The normalized spacial score (nSPS) is 16.0. The third kappa shape index (κ3) is 3.02. The standard InChI is InChI=1S/C16H19N3OS/c1-10-4-5-11(2)14(8-10)15(20)12(3)21-16-18-17-9-19(16)13-6-7-13/h4-5,8-9,12-13H,6-7H2,1-3H3. The van der Waals surface area contributed by atoms with Crippen LogP contribution in [0.25, 0.3) is 0 Å². The van der Waals surface area contributed by atoms with E-state index in [0.717, 1.165) is 21.8 Å². The van der Waals surface area contributed by atoms with Gasteiger partial charge in [-0.15, -0.1) is 10.2 Å². The molecular formula is C16H19N3OS.